The maximum Gasteiger partial charge on any atom is 0.269 e. The lowest BCUT2D eigenvalue weighted by molar-refractivity contribution is -0.0604. The molecule has 0 amide bonds. The summed E-state index contributed by atoms with van der Waals surface area (Å²) in [6.07, 6.45) is 4.70. The van der Waals surface area contributed by atoms with Crippen molar-refractivity contribution in [2.24, 2.45) is 5.92 Å². The Morgan fingerprint density at radius 2 is 2.23 bits per heavy atom. The standard InChI is InChI=1S/C16H23N3O2S/c1-10(2)7-13-17-9-12(22-13)15-18-14(19-21-15)11-5-6-20-16(3,4)8-11/h9-11H,5-8H2,1-4H3. The number of aromatic nitrogens is 3. The fraction of sp³-hybridized carbons (Fsp3) is 0.688. The Morgan fingerprint density at radius 3 is 2.95 bits per heavy atom. The van der Waals surface area contributed by atoms with E-state index in [-0.39, 0.29) is 5.60 Å². The highest BCUT2D eigenvalue weighted by Gasteiger charge is 2.32. The van der Waals surface area contributed by atoms with Crippen LogP contribution in [-0.4, -0.2) is 27.3 Å². The third-order valence-electron chi connectivity index (χ3n) is 3.85. The molecule has 1 atom stereocenters. The van der Waals surface area contributed by atoms with Crippen LogP contribution in [0.5, 0.6) is 0 Å². The smallest absolute Gasteiger partial charge is 0.269 e. The Labute approximate surface area is 135 Å². The molecular formula is C16H23N3O2S. The molecule has 5 nitrogen and oxygen atoms in total. The minimum absolute atomic E-state index is 0.112. The molecule has 0 radical (unpaired) electrons. The molecule has 1 unspecified atom stereocenters. The Bertz CT molecular complexity index is 633. The maximum atomic E-state index is 5.75. The molecule has 120 valence electrons. The van der Waals surface area contributed by atoms with Gasteiger partial charge < -0.3 is 9.26 Å². The molecular weight excluding hydrogens is 298 g/mol. The molecule has 1 aliphatic rings. The molecule has 2 aromatic heterocycles. The van der Waals surface area contributed by atoms with Crippen molar-refractivity contribution in [2.75, 3.05) is 6.61 Å². The molecule has 1 saturated heterocycles. The van der Waals surface area contributed by atoms with Crippen LogP contribution in [0.3, 0.4) is 0 Å². The van der Waals surface area contributed by atoms with Crippen molar-refractivity contribution in [3.05, 3.63) is 17.0 Å². The highest BCUT2D eigenvalue weighted by molar-refractivity contribution is 7.15. The summed E-state index contributed by atoms with van der Waals surface area (Å²) in [5.41, 5.74) is -0.112. The lowest BCUT2D eigenvalue weighted by Crippen LogP contribution is -2.33. The molecule has 0 spiro atoms. The second-order valence-corrected chi connectivity index (χ2v) is 8.09. The van der Waals surface area contributed by atoms with Crippen molar-refractivity contribution in [1.82, 2.24) is 15.1 Å². The second kappa shape index (κ2) is 6.08. The molecule has 0 aromatic carbocycles. The Hall–Kier alpha value is -1.27. The second-order valence-electron chi connectivity index (χ2n) is 6.97. The molecule has 0 N–H and O–H groups in total. The van der Waals surface area contributed by atoms with Gasteiger partial charge in [-0.15, -0.1) is 11.3 Å². The Balaban J connectivity index is 1.74. The van der Waals surface area contributed by atoms with Gasteiger partial charge in [0.2, 0.25) is 0 Å². The molecule has 1 fully saturated rings. The minimum atomic E-state index is -0.112. The number of thiazole rings is 1. The molecule has 0 bridgehead atoms. The van der Waals surface area contributed by atoms with Crippen molar-refractivity contribution in [2.45, 2.75) is 58.5 Å². The van der Waals surface area contributed by atoms with E-state index < -0.39 is 0 Å². The maximum absolute atomic E-state index is 5.75. The molecule has 3 rings (SSSR count). The summed E-state index contributed by atoms with van der Waals surface area (Å²) in [5.74, 6) is 2.29. The van der Waals surface area contributed by atoms with Gasteiger partial charge in [-0.2, -0.15) is 4.98 Å². The zero-order valence-corrected chi connectivity index (χ0v) is 14.4. The number of hydrogen-bond donors (Lipinski definition) is 0. The summed E-state index contributed by atoms with van der Waals surface area (Å²) in [6.45, 7) is 9.36. The minimum Gasteiger partial charge on any atom is -0.376 e. The first-order valence-corrected chi connectivity index (χ1v) is 8.67. The molecule has 0 saturated carbocycles. The number of rotatable bonds is 4. The average Bonchev–Trinajstić information content (AvgIpc) is 3.05. The average molecular weight is 321 g/mol. The molecule has 3 heterocycles. The van der Waals surface area contributed by atoms with Crippen molar-refractivity contribution in [3.63, 3.8) is 0 Å². The number of nitrogens with zero attached hydrogens (tertiary/aromatic N) is 3. The van der Waals surface area contributed by atoms with E-state index in [1.807, 2.05) is 6.20 Å². The van der Waals surface area contributed by atoms with Gasteiger partial charge in [0.05, 0.1) is 16.8 Å². The summed E-state index contributed by atoms with van der Waals surface area (Å²) in [4.78, 5) is 10.0. The van der Waals surface area contributed by atoms with Gasteiger partial charge in [0.25, 0.3) is 5.89 Å². The molecule has 6 heteroatoms. The van der Waals surface area contributed by atoms with Crippen LogP contribution in [0.2, 0.25) is 0 Å². The first kappa shape index (κ1) is 15.6. The largest absolute Gasteiger partial charge is 0.376 e. The van der Waals surface area contributed by atoms with Crippen LogP contribution < -0.4 is 0 Å². The van der Waals surface area contributed by atoms with E-state index in [1.165, 1.54) is 0 Å². The summed E-state index contributed by atoms with van der Waals surface area (Å²) in [5, 5.41) is 5.31. The highest BCUT2D eigenvalue weighted by atomic mass is 32.1. The van der Waals surface area contributed by atoms with Gasteiger partial charge >= 0.3 is 0 Å². The van der Waals surface area contributed by atoms with Crippen molar-refractivity contribution >= 4 is 11.3 Å². The molecule has 22 heavy (non-hydrogen) atoms. The first-order valence-electron chi connectivity index (χ1n) is 7.85. The fourth-order valence-electron chi connectivity index (χ4n) is 2.81. The van der Waals surface area contributed by atoms with E-state index in [2.05, 4.69) is 42.8 Å². The van der Waals surface area contributed by atoms with E-state index in [4.69, 9.17) is 9.26 Å². The topological polar surface area (TPSA) is 61.0 Å². The monoisotopic (exact) mass is 321 g/mol. The van der Waals surface area contributed by atoms with Crippen molar-refractivity contribution in [1.29, 1.82) is 0 Å². The van der Waals surface area contributed by atoms with Gasteiger partial charge in [-0.3, -0.25) is 0 Å². The lowest BCUT2D eigenvalue weighted by Gasteiger charge is -2.34. The Morgan fingerprint density at radius 1 is 1.41 bits per heavy atom. The van der Waals surface area contributed by atoms with Gasteiger partial charge in [-0.05, 0) is 32.6 Å². The fourth-order valence-corrected chi connectivity index (χ4v) is 3.86. The van der Waals surface area contributed by atoms with Gasteiger partial charge in [0.1, 0.15) is 4.88 Å². The normalized spacial score (nSPS) is 21.4. The first-order chi connectivity index (χ1) is 10.4. The van der Waals surface area contributed by atoms with Gasteiger partial charge in [0, 0.05) is 18.9 Å². The van der Waals surface area contributed by atoms with Crippen LogP contribution in [-0.2, 0) is 11.2 Å². The summed E-state index contributed by atoms with van der Waals surface area (Å²) in [6, 6.07) is 0. The van der Waals surface area contributed by atoms with Crippen LogP contribution in [0.4, 0.5) is 0 Å². The van der Waals surface area contributed by atoms with Gasteiger partial charge in [0.15, 0.2) is 5.82 Å². The number of ether oxygens (including phenoxy) is 1. The van der Waals surface area contributed by atoms with Crippen molar-refractivity contribution in [3.8, 4) is 10.8 Å². The van der Waals surface area contributed by atoms with Crippen LogP contribution in [0.25, 0.3) is 10.8 Å². The Kier molecular flexibility index (Phi) is 4.32. The summed E-state index contributed by atoms with van der Waals surface area (Å²) in [7, 11) is 0. The van der Waals surface area contributed by atoms with E-state index in [1.54, 1.807) is 11.3 Å². The van der Waals surface area contributed by atoms with Crippen LogP contribution in [0, 0.1) is 5.92 Å². The zero-order chi connectivity index (χ0) is 15.7. The summed E-state index contributed by atoms with van der Waals surface area (Å²) < 4.78 is 11.2. The zero-order valence-electron chi connectivity index (χ0n) is 13.6. The van der Waals surface area contributed by atoms with E-state index in [0.29, 0.717) is 17.7 Å². The van der Waals surface area contributed by atoms with Crippen LogP contribution in [0.1, 0.15) is 57.3 Å². The van der Waals surface area contributed by atoms with Gasteiger partial charge in [-0.1, -0.05) is 19.0 Å². The molecule has 1 aliphatic heterocycles. The predicted molar refractivity (Wildman–Crippen MR) is 86.0 cm³/mol. The number of hydrogen-bond acceptors (Lipinski definition) is 6. The van der Waals surface area contributed by atoms with E-state index >= 15 is 0 Å². The van der Waals surface area contributed by atoms with Crippen LogP contribution >= 0.6 is 11.3 Å². The predicted octanol–water partition coefficient (Wildman–Crippen LogP) is 4.06. The quantitative estimate of drug-likeness (QED) is 0.849. The third-order valence-corrected chi connectivity index (χ3v) is 4.86. The highest BCUT2D eigenvalue weighted by Crippen LogP contribution is 2.35. The lowest BCUT2D eigenvalue weighted by atomic mass is 9.88. The van der Waals surface area contributed by atoms with Crippen LogP contribution in [0.15, 0.2) is 10.7 Å². The summed E-state index contributed by atoms with van der Waals surface area (Å²) >= 11 is 1.64. The SMILES string of the molecule is CC(C)Cc1ncc(-c2nc(C3CCOC(C)(C)C3)no2)s1. The molecule has 2 aromatic rings. The van der Waals surface area contributed by atoms with Crippen molar-refractivity contribution < 1.29 is 9.26 Å². The van der Waals surface area contributed by atoms with E-state index in [9.17, 15) is 0 Å². The third kappa shape index (κ3) is 3.55. The molecule has 0 aliphatic carbocycles. The van der Waals surface area contributed by atoms with Gasteiger partial charge in [-0.25, -0.2) is 4.98 Å². The van der Waals surface area contributed by atoms with E-state index in [0.717, 1.165) is 41.6 Å².